The Morgan fingerprint density at radius 3 is 1.73 bits per heavy atom. The molecule has 0 radical (unpaired) electrons. The number of carboxylic acids is 1. The molecule has 51 heavy (non-hydrogen) atoms. The number of carbonyl (C=O) groups excluding carboxylic acids is 1. The molecule has 0 aliphatic heterocycles. The van der Waals surface area contributed by atoms with Crippen molar-refractivity contribution in [2.24, 2.45) is 5.73 Å². The van der Waals surface area contributed by atoms with E-state index in [2.05, 4.69) is 110 Å². The summed E-state index contributed by atoms with van der Waals surface area (Å²) in [7, 11) is 0. The number of Topliss-reactive ketones (excluding diaryl/α,β-unsaturated/α-hetero) is 1. The third-order valence-corrected chi connectivity index (χ3v) is 9.64. The third-order valence-electron chi connectivity index (χ3n) is 8.58. The lowest BCUT2D eigenvalue weighted by Crippen LogP contribution is -2.45. The maximum absolute atomic E-state index is 11.9. The van der Waals surface area contributed by atoms with E-state index in [0.29, 0.717) is 11.8 Å². The number of hydrogen-bond acceptors (Lipinski definition) is 9. The van der Waals surface area contributed by atoms with Crippen LogP contribution in [0.1, 0.15) is 65.9 Å². The molecule has 16 heteroatoms. The van der Waals surface area contributed by atoms with Crippen molar-refractivity contribution < 1.29 is 23.7 Å². The molecule has 0 saturated heterocycles. The zero-order valence-electron chi connectivity index (χ0n) is 27.0. The molecule has 0 bridgehead atoms. The molecule has 0 spiro atoms. The minimum atomic E-state index is -3.22. The van der Waals surface area contributed by atoms with Gasteiger partial charge in [-0.05, 0) is 119 Å². The molecule has 2 fully saturated rings. The molecule has 3 aromatic heterocycles. The molecule has 0 amide bonds. The molecule has 2 aliphatic rings. The number of nitrogens with two attached hydrogens (primary N) is 1. The van der Waals surface area contributed by atoms with Crippen molar-refractivity contribution >= 4 is 82.5 Å². The number of rotatable bonds is 7. The van der Waals surface area contributed by atoms with E-state index in [1.54, 1.807) is 18.5 Å². The van der Waals surface area contributed by atoms with Crippen LogP contribution in [0.15, 0.2) is 111 Å². The first-order chi connectivity index (χ1) is 24.3. The topological polar surface area (TPSA) is 162 Å². The van der Waals surface area contributed by atoms with E-state index in [-0.39, 0.29) is 28.7 Å². The normalized spacial score (nSPS) is 15.1. The Balaban J connectivity index is 0.000000174. The van der Waals surface area contributed by atoms with Crippen molar-refractivity contribution in [1.29, 1.82) is 0 Å². The first-order valence-electron chi connectivity index (χ1n) is 15.6. The summed E-state index contributed by atoms with van der Waals surface area (Å²) >= 11 is 20.7. The van der Waals surface area contributed by atoms with Gasteiger partial charge in [0.15, 0.2) is 5.78 Å². The van der Waals surface area contributed by atoms with Crippen molar-refractivity contribution in [2.45, 2.75) is 49.4 Å². The molecule has 2 aliphatic carbocycles. The Morgan fingerprint density at radius 2 is 1.33 bits per heavy atom. The van der Waals surface area contributed by atoms with E-state index in [1.807, 2.05) is 36.4 Å². The van der Waals surface area contributed by atoms with Gasteiger partial charge in [0.25, 0.3) is 0 Å². The van der Waals surface area contributed by atoms with Gasteiger partial charge in [-0.15, -0.1) is 10.2 Å². The standard InChI is InChI=1S/C17H14BrN3O.C12H14BrNO.C6H5NO2.Cl3OP/c18-14-6-4-13(5-7-14)17(8-2-9-17)16-21-20-15(22-16)12-3-1-10-19-11-12;13-10-4-2-9(3-5-10)12(6-1-7-12)11(15)8-14;8-6(9)5-2-1-3-7-4-5;1-5(2,3)4/h1,3-7,10-11H,2,8-9H2;2-5H,1,6-8,14H2;1-4H,(H,8,9);. The summed E-state index contributed by atoms with van der Waals surface area (Å²) in [6.07, 6.45) is 12.6. The summed E-state index contributed by atoms with van der Waals surface area (Å²) in [5.74, 6) is 0.477. The van der Waals surface area contributed by atoms with Crippen molar-refractivity contribution in [3.63, 3.8) is 0 Å². The summed E-state index contributed by atoms with van der Waals surface area (Å²) in [6, 6.07) is 23.3. The van der Waals surface area contributed by atoms with Gasteiger partial charge in [-0.1, -0.05) is 69.0 Å². The molecule has 2 aromatic carbocycles. The summed E-state index contributed by atoms with van der Waals surface area (Å²) in [5.41, 5.74) is 8.51. The molecular formula is C35H33Br2Cl3N5O5P. The lowest BCUT2D eigenvalue weighted by atomic mass is 9.62. The molecule has 0 atom stereocenters. The Hall–Kier alpha value is -2.96. The maximum atomic E-state index is 11.9. The van der Waals surface area contributed by atoms with E-state index < -0.39 is 11.2 Å². The van der Waals surface area contributed by atoms with Gasteiger partial charge in [-0.3, -0.25) is 19.3 Å². The molecule has 3 heterocycles. The molecule has 0 unspecified atom stereocenters. The van der Waals surface area contributed by atoms with Gasteiger partial charge in [0.1, 0.15) is 0 Å². The van der Waals surface area contributed by atoms with E-state index in [4.69, 9.17) is 15.3 Å². The van der Waals surface area contributed by atoms with Crippen LogP contribution in [0.25, 0.3) is 11.5 Å². The van der Waals surface area contributed by atoms with Crippen LogP contribution in [0.2, 0.25) is 0 Å². The minimum Gasteiger partial charge on any atom is -0.478 e. The maximum Gasteiger partial charge on any atom is 0.339 e. The Morgan fingerprint density at radius 1 is 0.804 bits per heavy atom. The van der Waals surface area contributed by atoms with Crippen LogP contribution < -0.4 is 5.73 Å². The number of aromatic nitrogens is 4. The van der Waals surface area contributed by atoms with Gasteiger partial charge in [-0.2, -0.15) is 0 Å². The van der Waals surface area contributed by atoms with Crippen molar-refractivity contribution in [2.75, 3.05) is 6.54 Å². The zero-order valence-corrected chi connectivity index (χ0v) is 33.3. The number of benzene rings is 2. The average Bonchev–Trinajstić information content (AvgIpc) is 3.56. The van der Waals surface area contributed by atoms with E-state index in [0.717, 1.165) is 52.2 Å². The van der Waals surface area contributed by atoms with Crippen molar-refractivity contribution in [1.82, 2.24) is 20.2 Å². The minimum absolute atomic E-state index is 0.131. The lowest BCUT2D eigenvalue weighted by Gasteiger charge is -2.40. The lowest BCUT2D eigenvalue weighted by molar-refractivity contribution is -0.126. The predicted molar refractivity (Wildman–Crippen MR) is 206 cm³/mol. The van der Waals surface area contributed by atoms with Crippen LogP contribution >= 0.6 is 70.8 Å². The second-order valence-electron chi connectivity index (χ2n) is 11.6. The van der Waals surface area contributed by atoms with Crippen LogP contribution in [0.5, 0.6) is 0 Å². The van der Waals surface area contributed by atoms with Crippen LogP contribution in [-0.4, -0.2) is 43.6 Å². The second kappa shape index (κ2) is 18.7. The summed E-state index contributed by atoms with van der Waals surface area (Å²) in [6.45, 7) is 0.149. The van der Waals surface area contributed by atoms with Gasteiger partial charge >= 0.3 is 11.2 Å². The highest BCUT2D eigenvalue weighted by molar-refractivity contribution is 9.10. The molecule has 10 nitrogen and oxygen atoms in total. The second-order valence-corrected chi connectivity index (χ2v) is 20.1. The van der Waals surface area contributed by atoms with Gasteiger partial charge in [0.2, 0.25) is 11.8 Å². The van der Waals surface area contributed by atoms with Gasteiger partial charge in [0, 0.05) is 33.7 Å². The van der Waals surface area contributed by atoms with Gasteiger partial charge < -0.3 is 15.3 Å². The highest BCUT2D eigenvalue weighted by Crippen LogP contribution is 2.61. The van der Waals surface area contributed by atoms with Crippen LogP contribution in [-0.2, 0) is 20.2 Å². The Bertz CT molecular complexity index is 1920. The first kappa shape index (κ1) is 40.8. The summed E-state index contributed by atoms with van der Waals surface area (Å²) in [4.78, 5) is 29.8. The number of aromatic carboxylic acids is 1. The van der Waals surface area contributed by atoms with Gasteiger partial charge in [-0.25, -0.2) is 4.79 Å². The zero-order chi connectivity index (χ0) is 37.1. The molecular weight excluding hydrogens is 868 g/mol. The van der Waals surface area contributed by atoms with E-state index in [9.17, 15) is 14.2 Å². The number of carboxylic acid groups (broad SMARTS) is 1. The average molecular weight is 901 g/mol. The molecule has 2 saturated carbocycles. The highest BCUT2D eigenvalue weighted by Gasteiger charge is 2.45. The van der Waals surface area contributed by atoms with Crippen molar-refractivity contribution in [3.05, 3.63) is 129 Å². The number of ketones is 1. The van der Waals surface area contributed by atoms with Crippen LogP contribution in [0, 0.1) is 0 Å². The van der Waals surface area contributed by atoms with Crippen molar-refractivity contribution in [3.8, 4) is 11.5 Å². The molecule has 3 N–H and O–H groups in total. The third kappa shape index (κ3) is 11.3. The largest absolute Gasteiger partial charge is 0.478 e. The monoisotopic (exact) mass is 897 g/mol. The molecule has 5 aromatic rings. The SMILES string of the molecule is Brc1ccc(C2(c3nnc(-c4cccnc4)o3)CCC2)cc1.NCC(=O)C1(c2ccc(Br)cc2)CCC1.O=C(O)c1cccnc1.O=P(Cl)(Cl)Cl. The van der Waals surface area contributed by atoms with Gasteiger partial charge in [0.05, 0.1) is 28.5 Å². The fraction of sp³-hybridized carbons (Fsp3) is 0.257. The number of halogens is 5. The quantitative estimate of drug-likeness (QED) is 0.150. The number of hydrogen-bond donors (Lipinski definition) is 2. The summed E-state index contributed by atoms with van der Waals surface area (Å²) < 4.78 is 17.6. The fourth-order valence-corrected chi connectivity index (χ4v) is 6.19. The summed E-state index contributed by atoms with van der Waals surface area (Å²) in [5, 5.41) is 13.7. The predicted octanol–water partition coefficient (Wildman–Crippen LogP) is 10.4. The smallest absolute Gasteiger partial charge is 0.339 e. The number of carbonyl (C=O) groups is 2. The fourth-order valence-electron chi connectivity index (χ4n) is 5.66. The van der Waals surface area contributed by atoms with Crippen LogP contribution in [0.3, 0.4) is 0 Å². The molecule has 7 rings (SSSR count). The highest BCUT2D eigenvalue weighted by atomic mass is 79.9. The van der Waals surface area contributed by atoms with E-state index in [1.165, 1.54) is 30.4 Å². The Kier molecular flexibility index (Phi) is 15.0. The number of nitrogens with zero attached hydrogens (tertiary/aromatic N) is 4. The van der Waals surface area contributed by atoms with E-state index >= 15 is 0 Å². The Labute approximate surface area is 326 Å². The molecule has 268 valence electrons. The first-order valence-corrected chi connectivity index (χ1v) is 21.6. The van der Waals surface area contributed by atoms with Crippen LogP contribution in [0.4, 0.5) is 0 Å². The number of pyridine rings is 2.